The zero-order valence-electron chi connectivity index (χ0n) is 34.2. The number of piperazine rings is 1. The Kier molecular flexibility index (Phi) is 15.0. The molecule has 0 aliphatic carbocycles. The summed E-state index contributed by atoms with van der Waals surface area (Å²) in [5, 5.41) is 4.26. The summed E-state index contributed by atoms with van der Waals surface area (Å²) < 4.78 is 76.6. The number of aryl methyl sites for hydroxylation is 1. The van der Waals surface area contributed by atoms with Gasteiger partial charge in [0.15, 0.2) is 0 Å². The Morgan fingerprint density at radius 1 is 0.855 bits per heavy atom. The van der Waals surface area contributed by atoms with Crippen LogP contribution in [0.2, 0.25) is 5.02 Å². The quantitative estimate of drug-likeness (QED) is 0.0934. The molecule has 10 nitrogen and oxygen atoms in total. The normalized spacial score (nSPS) is 15.9. The molecule has 0 unspecified atom stereocenters. The largest absolute Gasteiger partial charge is 0.573 e. The molecule has 0 spiro atoms. The highest BCUT2D eigenvalue weighted by Crippen LogP contribution is 2.30. The van der Waals surface area contributed by atoms with Gasteiger partial charge in [-0.15, -0.1) is 24.9 Å². The first-order chi connectivity index (χ1) is 29.8. The number of carbonyl (C=O) groups is 1. The number of nitrogens with one attached hydrogen (secondary N) is 2. The summed E-state index contributed by atoms with van der Waals surface area (Å²) in [4.78, 5) is 21.0. The van der Waals surface area contributed by atoms with E-state index in [-0.39, 0.29) is 22.3 Å². The maximum Gasteiger partial charge on any atom is 0.573 e. The lowest BCUT2D eigenvalue weighted by Crippen LogP contribution is -2.46. The van der Waals surface area contributed by atoms with Crippen LogP contribution in [0.3, 0.4) is 0 Å². The number of halogens is 4. The minimum Gasteiger partial charge on any atom is -0.406 e. The fourth-order valence-corrected chi connectivity index (χ4v) is 9.67. The number of rotatable bonds is 16. The minimum atomic E-state index is -4.76. The molecule has 2 fully saturated rings. The first kappa shape index (κ1) is 45.3. The van der Waals surface area contributed by atoms with E-state index in [0.717, 1.165) is 80.6 Å². The second-order valence-electron chi connectivity index (χ2n) is 15.3. The number of sulfonamides is 1. The number of alkyl halides is 3. The van der Waals surface area contributed by atoms with Gasteiger partial charge in [-0.2, -0.15) is 0 Å². The summed E-state index contributed by atoms with van der Waals surface area (Å²) in [6.07, 6.45) is -4.00. The Balaban J connectivity index is 0.928. The van der Waals surface area contributed by atoms with E-state index in [0.29, 0.717) is 29.6 Å². The van der Waals surface area contributed by atoms with Crippen LogP contribution >= 0.6 is 23.4 Å². The van der Waals surface area contributed by atoms with Crippen LogP contribution in [-0.4, -0.2) is 101 Å². The molecule has 1 amide bonds. The van der Waals surface area contributed by atoms with Crippen LogP contribution in [0.5, 0.6) is 5.75 Å². The highest BCUT2D eigenvalue weighted by Gasteiger charge is 2.31. The third-order valence-electron chi connectivity index (χ3n) is 10.9. The van der Waals surface area contributed by atoms with Crippen molar-refractivity contribution in [2.24, 2.45) is 0 Å². The fraction of sp³-hybridized carbons (Fsp3) is 0.326. The third kappa shape index (κ3) is 12.7. The number of ether oxygens (including phenoxy) is 2. The molecule has 328 valence electrons. The molecule has 7 rings (SSSR count). The van der Waals surface area contributed by atoms with Gasteiger partial charge >= 0.3 is 6.36 Å². The van der Waals surface area contributed by atoms with Crippen molar-refractivity contribution in [3.63, 3.8) is 0 Å². The molecule has 5 aromatic rings. The summed E-state index contributed by atoms with van der Waals surface area (Å²) in [7, 11) is -4.20. The predicted octanol–water partition coefficient (Wildman–Crippen LogP) is 8.95. The minimum absolute atomic E-state index is 0.0420. The Hall–Kier alpha value is -4.77. The summed E-state index contributed by atoms with van der Waals surface area (Å²) in [5.41, 5.74) is 6.16. The van der Waals surface area contributed by atoms with Crippen molar-refractivity contribution in [3.8, 4) is 16.9 Å². The van der Waals surface area contributed by atoms with Crippen molar-refractivity contribution in [2.45, 2.75) is 42.1 Å². The Morgan fingerprint density at radius 3 is 2.23 bits per heavy atom. The number of thioether (sulfide) groups is 1. The third-order valence-corrected chi connectivity index (χ3v) is 13.7. The van der Waals surface area contributed by atoms with E-state index in [9.17, 15) is 26.4 Å². The van der Waals surface area contributed by atoms with Crippen molar-refractivity contribution in [1.29, 1.82) is 0 Å². The molecular weight excluding hydrogens is 859 g/mol. The molecule has 0 saturated carbocycles. The number of hydrogen-bond acceptors (Lipinski definition) is 10. The van der Waals surface area contributed by atoms with Crippen LogP contribution in [0.25, 0.3) is 11.1 Å². The number of anilines is 2. The number of amides is 1. The SMILES string of the molecule is Cc1cc(S(=O)(=O)NC(=O)c2ccc(N3CCN(Cc4ccccc4-c4ccc(Cl)cc4)CC3)cc2)ccc1N[C@H](CCN1CCOCC1)CSc1ccc(OC(F)(F)F)cc1. The highest BCUT2D eigenvalue weighted by molar-refractivity contribution is 7.99. The van der Waals surface area contributed by atoms with E-state index >= 15 is 0 Å². The lowest BCUT2D eigenvalue weighted by molar-refractivity contribution is -0.274. The predicted molar refractivity (Wildman–Crippen MR) is 240 cm³/mol. The molecule has 62 heavy (non-hydrogen) atoms. The molecule has 0 bridgehead atoms. The summed E-state index contributed by atoms with van der Waals surface area (Å²) in [6.45, 7) is 9.73. The number of carbonyl (C=O) groups excluding carboxylic acids is 1. The van der Waals surface area contributed by atoms with Gasteiger partial charge < -0.3 is 19.7 Å². The fourth-order valence-electron chi connectivity index (χ4n) is 7.52. The van der Waals surface area contributed by atoms with Crippen molar-refractivity contribution in [2.75, 3.05) is 75.0 Å². The molecule has 16 heteroatoms. The van der Waals surface area contributed by atoms with Crippen LogP contribution < -0.4 is 19.7 Å². The standard InChI is InChI=1S/C46H49ClF3N5O5S2/c1-33-30-42(18-19-44(33)51-38(20-21-53-26-28-59-29-27-53)32-61-41-16-14-40(15-17-41)60-46(48,49)50)62(57,58)52-45(56)35-8-12-39(13-9-35)55-24-22-54(23-25-55)31-36-4-2-3-5-43(36)34-6-10-37(47)11-7-34/h2-19,30,38,51H,20-29,31-32H2,1H3,(H,52,56)/t38-/m1/s1. The van der Waals surface area contributed by atoms with Gasteiger partial charge in [0.2, 0.25) is 0 Å². The van der Waals surface area contributed by atoms with Crippen molar-refractivity contribution >= 4 is 50.7 Å². The Labute approximate surface area is 370 Å². The molecule has 2 heterocycles. The topological polar surface area (TPSA) is 103 Å². The Morgan fingerprint density at radius 2 is 1.55 bits per heavy atom. The molecule has 5 aromatic carbocycles. The molecule has 2 aliphatic rings. The van der Waals surface area contributed by atoms with Gasteiger partial charge in [-0.05, 0) is 114 Å². The first-order valence-electron chi connectivity index (χ1n) is 20.4. The maximum atomic E-state index is 13.5. The van der Waals surface area contributed by atoms with Crippen LogP contribution in [0.4, 0.5) is 24.5 Å². The molecule has 1 atom stereocenters. The lowest BCUT2D eigenvalue weighted by Gasteiger charge is -2.36. The van der Waals surface area contributed by atoms with Crippen molar-refractivity contribution < 1.29 is 35.9 Å². The van der Waals surface area contributed by atoms with E-state index in [1.807, 2.05) is 42.5 Å². The number of benzene rings is 5. The highest BCUT2D eigenvalue weighted by atomic mass is 35.5. The molecule has 2 aliphatic heterocycles. The van der Waals surface area contributed by atoms with Crippen molar-refractivity contribution in [1.82, 2.24) is 14.5 Å². The summed E-state index contributed by atoms with van der Waals surface area (Å²) in [6, 6.07) is 33.7. The van der Waals surface area contributed by atoms with E-state index in [2.05, 4.69) is 47.7 Å². The summed E-state index contributed by atoms with van der Waals surface area (Å²) in [5.74, 6) is -0.414. The second-order valence-corrected chi connectivity index (χ2v) is 18.5. The smallest absolute Gasteiger partial charge is 0.406 e. The van der Waals surface area contributed by atoms with E-state index < -0.39 is 22.3 Å². The van der Waals surface area contributed by atoms with E-state index in [1.54, 1.807) is 37.3 Å². The second kappa shape index (κ2) is 20.6. The van der Waals surface area contributed by atoms with E-state index in [1.165, 1.54) is 47.2 Å². The molecular formula is C46H49ClF3N5O5S2. The molecule has 2 N–H and O–H groups in total. The van der Waals surface area contributed by atoms with Gasteiger partial charge in [0.05, 0.1) is 18.1 Å². The van der Waals surface area contributed by atoms with Crippen LogP contribution in [-0.2, 0) is 21.3 Å². The van der Waals surface area contributed by atoms with Gasteiger partial charge in [0, 0.05) is 91.0 Å². The average molecular weight is 909 g/mol. The first-order valence-corrected chi connectivity index (χ1v) is 23.3. The number of morpholine rings is 1. The number of nitrogens with zero attached hydrogens (tertiary/aromatic N) is 3. The molecule has 0 radical (unpaired) electrons. The van der Waals surface area contributed by atoms with Crippen LogP contribution in [0, 0.1) is 6.92 Å². The molecule has 2 saturated heterocycles. The maximum absolute atomic E-state index is 13.5. The van der Waals surface area contributed by atoms with Crippen LogP contribution in [0.1, 0.15) is 27.9 Å². The zero-order chi connectivity index (χ0) is 43.7. The Bertz CT molecular complexity index is 2380. The molecule has 0 aromatic heterocycles. The van der Waals surface area contributed by atoms with Gasteiger partial charge in [0.25, 0.3) is 15.9 Å². The van der Waals surface area contributed by atoms with Gasteiger partial charge in [-0.3, -0.25) is 14.6 Å². The average Bonchev–Trinajstić information content (AvgIpc) is 3.26. The lowest BCUT2D eigenvalue weighted by atomic mass is 9.99. The van der Waals surface area contributed by atoms with Crippen LogP contribution in [0.15, 0.2) is 125 Å². The van der Waals surface area contributed by atoms with Gasteiger partial charge in [-0.25, -0.2) is 13.1 Å². The zero-order valence-corrected chi connectivity index (χ0v) is 36.6. The van der Waals surface area contributed by atoms with E-state index in [4.69, 9.17) is 16.3 Å². The number of hydrogen-bond donors (Lipinski definition) is 2. The van der Waals surface area contributed by atoms with Gasteiger partial charge in [0.1, 0.15) is 5.75 Å². The van der Waals surface area contributed by atoms with Crippen molar-refractivity contribution in [3.05, 3.63) is 137 Å². The monoisotopic (exact) mass is 907 g/mol. The summed E-state index contributed by atoms with van der Waals surface area (Å²) >= 11 is 7.62. The van der Waals surface area contributed by atoms with Gasteiger partial charge in [-0.1, -0.05) is 48.0 Å².